The number of carboxylic acids is 1. The van der Waals surface area contributed by atoms with Gasteiger partial charge in [0.15, 0.2) is 0 Å². The molecule has 122 valence electrons. The van der Waals surface area contributed by atoms with Crippen molar-refractivity contribution in [1.82, 2.24) is 5.32 Å². The summed E-state index contributed by atoms with van der Waals surface area (Å²) in [6.45, 7) is 8.71. The average molecular weight is 372 g/mol. The Balaban J connectivity index is 3.01. The molecule has 0 aliphatic carbocycles. The predicted molar refractivity (Wildman–Crippen MR) is 88.0 cm³/mol. The molecule has 22 heavy (non-hydrogen) atoms. The number of hydrogen-bond donors (Lipinski definition) is 2. The second-order valence-corrected chi connectivity index (χ2v) is 7.56. The second kappa shape index (κ2) is 6.69. The number of amides is 1. The second-order valence-electron chi connectivity index (χ2n) is 6.65. The summed E-state index contributed by atoms with van der Waals surface area (Å²) in [5.74, 6) is -1.11. The zero-order valence-electron chi connectivity index (χ0n) is 13.4. The molecular formula is C16H22BrNO4. The Bertz CT molecular complexity index is 546. The average Bonchev–Trinajstić information content (AvgIpc) is 2.33. The van der Waals surface area contributed by atoms with E-state index in [0.717, 1.165) is 10.0 Å². The van der Waals surface area contributed by atoms with Crippen LogP contribution in [0.25, 0.3) is 0 Å². The number of aliphatic carboxylic acids is 1. The largest absolute Gasteiger partial charge is 0.480 e. The van der Waals surface area contributed by atoms with Crippen LogP contribution in [0.5, 0.6) is 0 Å². The number of ether oxygens (including phenoxy) is 1. The Morgan fingerprint density at radius 2 is 1.64 bits per heavy atom. The quantitative estimate of drug-likeness (QED) is 0.845. The molecule has 0 aromatic heterocycles. The van der Waals surface area contributed by atoms with Crippen molar-refractivity contribution in [3.63, 3.8) is 0 Å². The molecule has 5 nitrogen and oxygen atoms in total. The highest BCUT2D eigenvalue weighted by Gasteiger charge is 2.38. The normalized spacial score (nSPS) is 13.4. The maximum atomic E-state index is 11.9. The SMILES string of the molecule is CC(C)(C)OC(=O)NC(C(=O)O)C(C)(C)c1ccc(Br)cc1. The third-order valence-corrected chi connectivity index (χ3v) is 3.75. The minimum absolute atomic E-state index is 0.686. The van der Waals surface area contributed by atoms with E-state index in [-0.39, 0.29) is 0 Å². The molecule has 0 fully saturated rings. The zero-order chi connectivity index (χ0) is 17.1. The number of nitrogens with one attached hydrogen (secondary N) is 1. The summed E-state index contributed by atoms with van der Waals surface area (Å²) in [5.41, 5.74) is -0.683. The molecule has 2 N–H and O–H groups in total. The van der Waals surface area contributed by atoms with Gasteiger partial charge in [-0.1, -0.05) is 41.9 Å². The maximum absolute atomic E-state index is 11.9. The van der Waals surface area contributed by atoms with Crippen LogP contribution in [0.4, 0.5) is 4.79 Å². The molecular weight excluding hydrogens is 350 g/mol. The Kier molecular flexibility index (Phi) is 5.62. The van der Waals surface area contributed by atoms with E-state index in [1.807, 2.05) is 24.3 Å². The molecule has 0 bridgehead atoms. The Morgan fingerprint density at radius 3 is 2.05 bits per heavy atom. The smallest absolute Gasteiger partial charge is 0.408 e. The molecule has 0 aliphatic rings. The number of rotatable bonds is 4. The predicted octanol–water partition coefficient (Wildman–Crippen LogP) is 3.70. The van der Waals surface area contributed by atoms with Gasteiger partial charge in [0.05, 0.1) is 0 Å². The van der Waals surface area contributed by atoms with Crippen molar-refractivity contribution in [1.29, 1.82) is 0 Å². The van der Waals surface area contributed by atoms with Gasteiger partial charge in [-0.2, -0.15) is 0 Å². The van der Waals surface area contributed by atoms with Gasteiger partial charge < -0.3 is 15.2 Å². The van der Waals surface area contributed by atoms with Crippen LogP contribution in [0.2, 0.25) is 0 Å². The van der Waals surface area contributed by atoms with E-state index in [0.29, 0.717) is 0 Å². The molecule has 0 heterocycles. The Labute approximate surface area is 139 Å². The summed E-state index contributed by atoms with van der Waals surface area (Å²) < 4.78 is 6.05. The van der Waals surface area contributed by atoms with E-state index in [9.17, 15) is 14.7 Å². The van der Waals surface area contributed by atoms with Crippen LogP contribution in [0.1, 0.15) is 40.2 Å². The van der Waals surface area contributed by atoms with E-state index in [1.54, 1.807) is 34.6 Å². The van der Waals surface area contributed by atoms with Crippen molar-refractivity contribution in [3.8, 4) is 0 Å². The molecule has 1 amide bonds. The van der Waals surface area contributed by atoms with Crippen LogP contribution in [-0.4, -0.2) is 28.8 Å². The van der Waals surface area contributed by atoms with E-state index >= 15 is 0 Å². The lowest BCUT2D eigenvalue weighted by molar-refractivity contribution is -0.141. The van der Waals surface area contributed by atoms with Crippen LogP contribution >= 0.6 is 15.9 Å². The summed E-state index contributed by atoms with van der Waals surface area (Å²) >= 11 is 3.35. The molecule has 1 aromatic carbocycles. The topological polar surface area (TPSA) is 75.6 Å². The van der Waals surface area contributed by atoms with Gasteiger partial charge in [-0.05, 0) is 38.5 Å². The van der Waals surface area contributed by atoms with Gasteiger partial charge >= 0.3 is 12.1 Å². The fraction of sp³-hybridized carbons (Fsp3) is 0.500. The van der Waals surface area contributed by atoms with Gasteiger partial charge in [0.2, 0.25) is 0 Å². The van der Waals surface area contributed by atoms with Crippen LogP contribution in [-0.2, 0) is 14.9 Å². The molecule has 1 rings (SSSR count). The van der Waals surface area contributed by atoms with Gasteiger partial charge in [0, 0.05) is 9.89 Å². The highest BCUT2D eigenvalue weighted by atomic mass is 79.9. The third-order valence-electron chi connectivity index (χ3n) is 3.22. The first kappa shape index (κ1) is 18.5. The number of halogens is 1. The van der Waals surface area contributed by atoms with Crippen molar-refractivity contribution < 1.29 is 19.4 Å². The summed E-state index contributed by atoms with van der Waals surface area (Å²) in [6, 6.07) is 6.23. The van der Waals surface area contributed by atoms with E-state index < -0.39 is 29.1 Å². The van der Waals surface area contributed by atoms with Crippen molar-refractivity contribution in [3.05, 3.63) is 34.3 Å². The molecule has 1 aromatic rings. The lowest BCUT2D eigenvalue weighted by Crippen LogP contribution is -2.53. The number of hydrogen-bond acceptors (Lipinski definition) is 3. The molecule has 0 saturated heterocycles. The van der Waals surface area contributed by atoms with Crippen LogP contribution < -0.4 is 5.32 Å². The Hall–Kier alpha value is -1.56. The molecule has 1 atom stereocenters. The minimum atomic E-state index is -1.11. The highest BCUT2D eigenvalue weighted by Crippen LogP contribution is 2.29. The van der Waals surface area contributed by atoms with Gasteiger partial charge in [-0.25, -0.2) is 9.59 Å². The van der Waals surface area contributed by atoms with Crippen LogP contribution in [0.3, 0.4) is 0 Å². The first-order valence-corrected chi connectivity index (χ1v) is 7.71. The number of carboxylic acid groups (broad SMARTS) is 1. The van der Waals surface area contributed by atoms with Crippen molar-refractivity contribution in [2.24, 2.45) is 0 Å². The first-order valence-electron chi connectivity index (χ1n) is 6.92. The molecule has 6 heteroatoms. The molecule has 0 saturated carbocycles. The number of carbonyl (C=O) groups excluding carboxylic acids is 1. The Morgan fingerprint density at radius 1 is 1.14 bits per heavy atom. The van der Waals surface area contributed by atoms with Crippen molar-refractivity contribution in [2.45, 2.75) is 51.7 Å². The van der Waals surface area contributed by atoms with Gasteiger partial charge in [-0.15, -0.1) is 0 Å². The van der Waals surface area contributed by atoms with Gasteiger partial charge in [-0.3, -0.25) is 0 Å². The summed E-state index contributed by atoms with van der Waals surface area (Å²) in [5, 5.41) is 11.9. The molecule has 1 unspecified atom stereocenters. The van der Waals surface area contributed by atoms with Crippen molar-refractivity contribution >= 4 is 28.0 Å². The van der Waals surface area contributed by atoms with E-state index in [4.69, 9.17) is 4.74 Å². The zero-order valence-corrected chi connectivity index (χ0v) is 15.0. The standard InChI is InChI=1S/C16H22BrNO4/c1-15(2,3)22-14(21)18-12(13(19)20)16(4,5)10-6-8-11(17)9-7-10/h6-9,12H,1-5H3,(H,18,21)(H,19,20). The summed E-state index contributed by atoms with van der Waals surface area (Å²) in [4.78, 5) is 23.5. The van der Waals surface area contributed by atoms with Crippen LogP contribution in [0.15, 0.2) is 28.7 Å². The fourth-order valence-corrected chi connectivity index (χ4v) is 2.29. The monoisotopic (exact) mass is 371 g/mol. The molecule has 0 aliphatic heterocycles. The van der Waals surface area contributed by atoms with E-state index in [2.05, 4.69) is 21.2 Å². The molecule has 0 spiro atoms. The fourth-order valence-electron chi connectivity index (χ4n) is 2.02. The number of carbonyl (C=O) groups is 2. The third kappa shape index (κ3) is 5.02. The van der Waals surface area contributed by atoms with Crippen molar-refractivity contribution in [2.75, 3.05) is 0 Å². The summed E-state index contributed by atoms with van der Waals surface area (Å²) in [7, 11) is 0. The minimum Gasteiger partial charge on any atom is -0.480 e. The van der Waals surface area contributed by atoms with Gasteiger partial charge in [0.25, 0.3) is 0 Å². The lowest BCUT2D eigenvalue weighted by Gasteiger charge is -2.33. The maximum Gasteiger partial charge on any atom is 0.408 e. The number of benzene rings is 1. The van der Waals surface area contributed by atoms with Gasteiger partial charge in [0.1, 0.15) is 11.6 Å². The lowest BCUT2D eigenvalue weighted by atomic mass is 9.77. The van der Waals surface area contributed by atoms with E-state index in [1.165, 1.54) is 0 Å². The molecule has 0 radical (unpaired) electrons. The van der Waals surface area contributed by atoms with Crippen LogP contribution in [0, 0.1) is 0 Å². The highest BCUT2D eigenvalue weighted by molar-refractivity contribution is 9.10. The summed E-state index contributed by atoms with van der Waals surface area (Å²) in [6.07, 6.45) is -0.745. The first-order chi connectivity index (χ1) is 9.93. The number of alkyl carbamates (subject to hydrolysis) is 1.